The quantitative estimate of drug-likeness (QED) is 0.830. The molecule has 0 unspecified atom stereocenters. The molecule has 1 amide bonds. The summed E-state index contributed by atoms with van der Waals surface area (Å²) in [5.74, 6) is -0.0999. The van der Waals surface area contributed by atoms with Crippen LogP contribution in [0.3, 0.4) is 0 Å². The maximum absolute atomic E-state index is 12.9. The Hall–Kier alpha value is -1.05. The topological polar surface area (TPSA) is 70.2 Å². The molecule has 1 aromatic carbocycles. The summed E-state index contributed by atoms with van der Waals surface area (Å²) in [4.78, 5) is 17.5. The number of carbonyl (C=O) groups excluding carboxylic acids is 1. The van der Waals surface area contributed by atoms with Gasteiger partial charge in [0.2, 0.25) is 0 Å². The maximum Gasteiger partial charge on any atom is 0.272 e. The van der Waals surface area contributed by atoms with Crippen LogP contribution in [-0.4, -0.2) is 48.3 Å². The molecule has 0 bridgehead atoms. The number of fused-ring (bicyclic) bond motifs is 1. The third kappa shape index (κ3) is 3.14. The highest BCUT2D eigenvalue weighted by Crippen LogP contribution is 2.31. The molecule has 2 heterocycles. The van der Waals surface area contributed by atoms with E-state index in [1.54, 1.807) is 4.90 Å². The van der Waals surface area contributed by atoms with Gasteiger partial charge in [-0.25, -0.2) is 8.42 Å². The minimum absolute atomic E-state index is 0.0238. The average Bonchev–Trinajstić information content (AvgIpc) is 3.00. The van der Waals surface area contributed by atoms with Crippen molar-refractivity contribution in [2.45, 2.75) is 19.4 Å². The van der Waals surface area contributed by atoms with Crippen LogP contribution in [0.1, 0.15) is 23.8 Å². The predicted molar refractivity (Wildman–Crippen MR) is 94.8 cm³/mol. The van der Waals surface area contributed by atoms with Crippen molar-refractivity contribution in [3.63, 3.8) is 0 Å². The van der Waals surface area contributed by atoms with Gasteiger partial charge in [0.25, 0.3) is 5.91 Å². The zero-order valence-electron chi connectivity index (χ0n) is 12.5. The number of nitrogens with zero attached hydrogens (tertiary/aromatic N) is 1. The van der Waals surface area contributed by atoms with Gasteiger partial charge in [-0.1, -0.05) is 27.5 Å². The number of nitrogens with one attached hydrogen (secondary N) is 1. The van der Waals surface area contributed by atoms with E-state index in [9.17, 15) is 13.2 Å². The van der Waals surface area contributed by atoms with Crippen molar-refractivity contribution in [3.05, 3.63) is 33.4 Å². The number of benzene rings is 1. The first-order valence-corrected chi connectivity index (χ1v) is 10.3. The lowest BCUT2D eigenvalue weighted by Crippen LogP contribution is -2.41. The zero-order valence-corrected chi connectivity index (χ0v) is 15.6. The Bertz CT molecular complexity index is 878. The first-order valence-electron chi connectivity index (χ1n) is 7.30. The number of amides is 1. The first kappa shape index (κ1) is 16.8. The highest BCUT2D eigenvalue weighted by molar-refractivity contribution is 9.10. The molecule has 23 heavy (non-hydrogen) atoms. The molecule has 1 N–H and O–H groups in total. The Balaban J connectivity index is 1.97. The van der Waals surface area contributed by atoms with Crippen molar-refractivity contribution in [2.75, 3.05) is 18.1 Å². The molecule has 2 aromatic rings. The van der Waals surface area contributed by atoms with Crippen LogP contribution in [0.2, 0.25) is 5.02 Å². The summed E-state index contributed by atoms with van der Waals surface area (Å²) in [6, 6.07) is 5.27. The average molecular weight is 420 g/mol. The molecule has 0 spiro atoms. The van der Waals surface area contributed by atoms with Gasteiger partial charge < -0.3 is 9.88 Å². The van der Waals surface area contributed by atoms with E-state index < -0.39 is 9.84 Å². The third-order valence-electron chi connectivity index (χ3n) is 4.16. The summed E-state index contributed by atoms with van der Waals surface area (Å²) in [7, 11) is -3.05. The number of hydrogen-bond acceptors (Lipinski definition) is 3. The number of rotatable bonds is 3. The number of carbonyl (C=O) groups is 1. The fourth-order valence-corrected chi connectivity index (χ4v) is 5.39. The van der Waals surface area contributed by atoms with Gasteiger partial charge in [-0.05, 0) is 31.5 Å². The van der Waals surface area contributed by atoms with E-state index in [1.807, 2.05) is 25.1 Å². The lowest BCUT2D eigenvalue weighted by atomic mass is 10.2. The van der Waals surface area contributed by atoms with Gasteiger partial charge in [-0.15, -0.1) is 0 Å². The van der Waals surface area contributed by atoms with Crippen molar-refractivity contribution in [2.24, 2.45) is 0 Å². The number of aromatic nitrogens is 1. The molecule has 1 atom stereocenters. The van der Waals surface area contributed by atoms with E-state index in [-0.39, 0.29) is 23.5 Å². The van der Waals surface area contributed by atoms with Gasteiger partial charge in [-0.2, -0.15) is 0 Å². The van der Waals surface area contributed by atoms with Crippen LogP contribution in [-0.2, 0) is 9.84 Å². The fourth-order valence-electron chi connectivity index (χ4n) is 3.01. The summed E-state index contributed by atoms with van der Waals surface area (Å²) < 4.78 is 24.3. The molecule has 1 fully saturated rings. The van der Waals surface area contributed by atoms with Gasteiger partial charge in [0, 0.05) is 28.0 Å². The summed E-state index contributed by atoms with van der Waals surface area (Å²) >= 11 is 9.76. The van der Waals surface area contributed by atoms with E-state index in [2.05, 4.69) is 20.9 Å². The van der Waals surface area contributed by atoms with Gasteiger partial charge in [0.05, 0.1) is 16.5 Å². The highest BCUT2D eigenvalue weighted by Gasteiger charge is 2.35. The van der Waals surface area contributed by atoms with E-state index in [0.29, 0.717) is 23.7 Å². The van der Waals surface area contributed by atoms with Crippen molar-refractivity contribution < 1.29 is 13.2 Å². The van der Waals surface area contributed by atoms with Crippen molar-refractivity contribution in [1.82, 2.24) is 9.88 Å². The standard InChI is InChI=1S/C15H16BrClN2O3S/c1-2-19(10-5-6-23(21,22)8-10)15(20)14-13(17)11-7-9(16)3-4-12(11)18-14/h3-4,7,10,18H,2,5-6,8H2,1H3/t10-/m1/s1. The van der Waals surface area contributed by atoms with E-state index in [0.717, 1.165) is 15.4 Å². The van der Waals surface area contributed by atoms with Crippen LogP contribution in [0.4, 0.5) is 0 Å². The molecule has 0 radical (unpaired) electrons. The van der Waals surface area contributed by atoms with Crippen LogP contribution in [0.5, 0.6) is 0 Å². The lowest BCUT2D eigenvalue weighted by molar-refractivity contribution is 0.0703. The maximum atomic E-state index is 12.9. The third-order valence-corrected chi connectivity index (χ3v) is 6.80. The SMILES string of the molecule is CCN(C(=O)c1[nH]c2ccc(Br)cc2c1Cl)[C@@H]1CCS(=O)(=O)C1. The molecular weight excluding hydrogens is 404 g/mol. The number of hydrogen-bond donors (Lipinski definition) is 1. The van der Waals surface area contributed by atoms with Crippen molar-refractivity contribution in [3.8, 4) is 0 Å². The van der Waals surface area contributed by atoms with Crippen LogP contribution < -0.4 is 0 Å². The van der Waals surface area contributed by atoms with E-state index >= 15 is 0 Å². The molecule has 1 aromatic heterocycles. The minimum atomic E-state index is -3.05. The number of aromatic amines is 1. The molecule has 1 aliphatic rings. The van der Waals surface area contributed by atoms with E-state index in [1.165, 1.54) is 0 Å². The molecule has 124 valence electrons. The Kier molecular flexibility index (Phi) is 4.46. The summed E-state index contributed by atoms with van der Waals surface area (Å²) in [5.41, 5.74) is 1.09. The van der Waals surface area contributed by atoms with Gasteiger partial charge >= 0.3 is 0 Å². The van der Waals surface area contributed by atoms with Crippen LogP contribution in [0.25, 0.3) is 10.9 Å². The minimum Gasteiger partial charge on any atom is -0.349 e. The Morgan fingerprint density at radius 3 is 2.83 bits per heavy atom. The number of halogens is 2. The second kappa shape index (κ2) is 6.11. The predicted octanol–water partition coefficient (Wildman–Crippen LogP) is 3.23. The lowest BCUT2D eigenvalue weighted by Gasteiger charge is -2.26. The van der Waals surface area contributed by atoms with Gasteiger partial charge in [0.15, 0.2) is 9.84 Å². The molecule has 0 saturated carbocycles. The zero-order chi connectivity index (χ0) is 16.8. The van der Waals surface area contributed by atoms with Crippen molar-refractivity contribution >= 4 is 54.2 Å². The molecule has 3 rings (SSSR count). The van der Waals surface area contributed by atoms with Gasteiger partial charge in [-0.3, -0.25) is 4.79 Å². The fraction of sp³-hybridized carbons (Fsp3) is 0.400. The molecular formula is C15H16BrClN2O3S. The highest BCUT2D eigenvalue weighted by atomic mass is 79.9. The van der Waals surface area contributed by atoms with Crippen LogP contribution >= 0.6 is 27.5 Å². The van der Waals surface area contributed by atoms with Gasteiger partial charge in [0.1, 0.15) is 5.69 Å². The summed E-state index contributed by atoms with van der Waals surface area (Å²) in [6.45, 7) is 2.28. The second-order valence-corrected chi connectivity index (χ2v) is 9.17. The summed E-state index contributed by atoms with van der Waals surface area (Å²) in [5, 5.41) is 1.13. The number of sulfone groups is 1. The Morgan fingerprint density at radius 2 is 2.22 bits per heavy atom. The molecule has 1 saturated heterocycles. The Morgan fingerprint density at radius 1 is 1.48 bits per heavy atom. The Labute approximate surface area is 148 Å². The first-order chi connectivity index (χ1) is 10.8. The monoisotopic (exact) mass is 418 g/mol. The molecule has 0 aliphatic carbocycles. The normalized spacial score (nSPS) is 20.0. The van der Waals surface area contributed by atoms with E-state index in [4.69, 9.17) is 11.6 Å². The van der Waals surface area contributed by atoms with Crippen molar-refractivity contribution in [1.29, 1.82) is 0 Å². The van der Waals surface area contributed by atoms with Crippen LogP contribution in [0.15, 0.2) is 22.7 Å². The summed E-state index contributed by atoms with van der Waals surface area (Å²) in [6.07, 6.45) is 0.477. The second-order valence-electron chi connectivity index (χ2n) is 5.65. The smallest absolute Gasteiger partial charge is 0.272 e. The van der Waals surface area contributed by atoms with Crippen LogP contribution in [0, 0.1) is 0 Å². The molecule has 8 heteroatoms. The largest absolute Gasteiger partial charge is 0.349 e. The molecule has 1 aliphatic heterocycles. The number of H-pyrrole nitrogens is 1. The molecule has 5 nitrogen and oxygen atoms in total.